The first-order valence-electron chi connectivity index (χ1n) is 2.77. The van der Waals surface area contributed by atoms with E-state index in [0.29, 0.717) is 0 Å². The van der Waals surface area contributed by atoms with Crippen LogP contribution < -0.4 is 11.3 Å². The fourth-order valence-corrected chi connectivity index (χ4v) is 0.391. The molecule has 0 radical (unpaired) electrons. The molecule has 4 N–H and O–H groups in total. The molecule has 44 valence electrons. The molecule has 0 fully saturated rings. The lowest BCUT2D eigenvalue weighted by atomic mass is 10.1. The van der Waals surface area contributed by atoms with Crippen LogP contribution in [0, 0.1) is 5.92 Å². The third-order valence-electron chi connectivity index (χ3n) is 0.898. The van der Waals surface area contributed by atoms with Gasteiger partial charge in [0.25, 0.3) is 0 Å². The van der Waals surface area contributed by atoms with Crippen molar-refractivity contribution in [2.75, 3.05) is 6.54 Å². The van der Waals surface area contributed by atoms with E-state index in [-0.39, 0.29) is 0 Å². The molecule has 0 unspecified atom stereocenters. The summed E-state index contributed by atoms with van der Waals surface area (Å²) in [5.74, 6) is 4.31. The van der Waals surface area contributed by atoms with Gasteiger partial charge >= 0.3 is 0 Å². The van der Waals surface area contributed by atoms with E-state index in [1.54, 1.807) is 0 Å². The monoisotopic (exact) mass is 103 g/mol. The fourth-order valence-electron chi connectivity index (χ4n) is 0.391. The topological polar surface area (TPSA) is 39.7 Å². The van der Waals surface area contributed by atoms with E-state index in [4.69, 9.17) is 0 Å². The standard InChI is InChI=1S/C5H14N2/c1-5(2)3-4-7-6/h5,7H,3-4,6H2,1-2H3/p+1. The Morgan fingerprint density at radius 3 is 2.29 bits per heavy atom. The number of hydrogen-bond donors (Lipinski definition) is 2. The molecule has 0 rings (SSSR count). The van der Waals surface area contributed by atoms with Gasteiger partial charge in [-0.15, -0.1) is 0 Å². The molecule has 0 aromatic heterocycles. The molecule has 0 heterocycles. The Morgan fingerprint density at radius 2 is 2.14 bits per heavy atom. The number of nitrogens with one attached hydrogen (secondary N) is 1. The summed E-state index contributed by atoms with van der Waals surface area (Å²) in [4.78, 5) is 0. The zero-order valence-corrected chi connectivity index (χ0v) is 5.20. The van der Waals surface area contributed by atoms with Crippen molar-refractivity contribution in [3.63, 3.8) is 0 Å². The molecule has 0 saturated carbocycles. The third-order valence-corrected chi connectivity index (χ3v) is 0.898. The molecule has 2 heteroatoms. The van der Waals surface area contributed by atoms with Gasteiger partial charge in [-0.1, -0.05) is 13.8 Å². The molecule has 0 atom stereocenters. The second kappa shape index (κ2) is 4.09. The second-order valence-electron chi connectivity index (χ2n) is 2.18. The first-order valence-corrected chi connectivity index (χ1v) is 2.77. The van der Waals surface area contributed by atoms with Crippen LogP contribution in [0.25, 0.3) is 0 Å². The van der Waals surface area contributed by atoms with Crippen molar-refractivity contribution >= 4 is 0 Å². The molecule has 0 aromatic carbocycles. The number of hydrogen-bond acceptors (Lipinski definition) is 1. The van der Waals surface area contributed by atoms with Crippen molar-refractivity contribution in [1.82, 2.24) is 5.43 Å². The van der Waals surface area contributed by atoms with E-state index in [2.05, 4.69) is 25.1 Å². The molecule has 0 aliphatic rings. The quantitative estimate of drug-likeness (QED) is 0.476. The predicted molar refractivity (Wildman–Crippen MR) is 30.3 cm³/mol. The summed E-state index contributed by atoms with van der Waals surface area (Å²) in [5, 5.41) is 0. The lowest BCUT2D eigenvalue weighted by molar-refractivity contribution is -0.443. The minimum absolute atomic E-state index is 0.800. The molecule has 0 aliphatic heterocycles. The fraction of sp³-hybridized carbons (Fsp3) is 1.00. The minimum atomic E-state index is 0.800. The number of quaternary nitrogens is 1. The average molecular weight is 103 g/mol. The molecule has 0 bridgehead atoms. The Kier molecular flexibility index (Phi) is 4.04. The van der Waals surface area contributed by atoms with Gasteiger partial charge in [0.15, 0.2) is 0 Å². The van der Waals surface area contributed by atoms with Crippen LogP contribution in [0.3, 0.4) is 0 Å². The summed E-state index contributed by atoms with van der Waals surface area (Å²) < 4.78 is 0. The molecule has 7 heavy (non-hydrogen) atoms. The predicted octanol–water partition coefficient (Wildman–Crippen LogP) is -0.221. The van der Waals surface area contributed by atoms with Crippen molar-refractivity contribution in [2.45, 2.75) is 20.3 Å². The Labute approximate surface area is 45.1 Å². The largest absolute Gasteiger partial charge is 0.280 e. The van der Waals surface area contributed by atoms with Gasteiger partial charge in [0.05, 0.1) is 0 Å². The highest BCUT2D eigenvalue weighted by molar-refractivity contribution is 4.42. The van der Waals surface area contributed by atoms with Gasteiger partial charge in [-0.25, -0.2) is 0 Å². The summed E-state index contributed by atoms with van der Waals surface area (Å²) in [6, 6.07) is 0. The third kappa shape index (κ3) is 5.92. The SMILES string of the molecule is CC(C)CCN[NH3+]. The highest BCUT2D eigenvalue weighted by Gasteiger charge is 1.89. The maximum Gasteiger partial charge on any atom is 0.0445 e. The summed E-state index contributed by atoms with van der Waals surface area (Å²) in [6.07, 6.45) is 1.23. The molecule has 2 nitrogen and oxygen atoms in total. The Hall–Kier alpha value is -0.0800. The van der Waals surface area contributed by atoms with E-state index >= 15 is 0 Å². The Bertz CT molecular complexity index is 35.1. The highest BCUT2D eigenvalue weighted by atomic mass is 15.2. The van der Waals surface area contributed by atoms with Gasteiger partial charge in [-0.05, 0) is 12.3 Å². The normalized spacial score (nSPS) is 10.3. The van der Waals surface area contributed by atoms with Crippen LogP contribution in [0.2, 0.25) is 0 Å². The van der Waals surface area contributed by atoms with Gasteiger partial charge in [-0.3, -0.25) is 5.84 Å². The number of rotatable bonds is 3. The van der Waals surface area contributed by atoms with Crippen molar-refractivity contribution in [3.05, 3.63) is 0 Å². The van der Waals surface area contributed by atoms with Crippen molar-refractivity contribution in [2.24, 2.45) is 5.92 Å². The zero-order valence-electron chi connectivity index (χ0n) is 5.20. The minimum Gasteiger partial charge on any atom is -0.280 e. The summed E-state index contributed by atoms with van der Waals surface area (Å²) in [6.45, 7) is 5.45. The highest BCUT2D eigenvalue weighted by Crippen LogP contribution is 1.94. The molecule has 0 aromatic rings. The Balaban J connectivity index is 2.68. The Morgan fingerprint density at radius 1 is 1.57 bits per heavy atom. The van der Waals surface area contributed by atoms with Gasteiger partial charge in [0.2, 0.25) is 0 Å². The first kappa shape index (κ1) is 6.92. The molecular formula is C5H15N2+. The van der Waals surface area contributed by atoms with Crippen LogP contribution in [0.4, 0.5) is 0 Å². The van der Waals surface area contributed by atoms with Crippen molar-refractivity contribution in [1.29, 1.82) is 0 Å². The van der Waals surface area contributed by atoms with E-state index in [0.717, 1.165) is 12.5 Å². The molecule has 0 spiro atoms. The van der Waals surface area contributed by atoms with E-state index < -0.39 is 0 Å². The van der Waals surface area contributed by atoms with Gasteiger partial charge in [-0.2, -0.15) is 5.43 Å². The molecule has 0 saturated heterocycles. The van der Waals surface area contributed by atoms with Crippen molar-refractivity contribution in [3.8, 4) is 0 Å². The average Bonchev–Trinajstić information content (AvgIpc) is 1.61. The van der Waals surface area contributed by atoms with E-state index in [1.807, 2.05) is 0 Å². The van der Waals surface area contributed by atoms with Gasteiger partial charge in [0.1, 0.15) is 0 Å². The molecule has 0 aliphatic carbocycles. The summed E-state index contributed by atoms with van der Waals surface area (Å²) in [7, 11) is 0. The van der Waals surface area contributed by atoms with Gasteiger partial charge < -0.3 is 0 Å². The van der Waals surface area contributed by atoms with Crippen LogP contribution in [-0.4, -0.2) is 6.54 Å². The second-order valence-corrected chi connectivity index (χ2v) is 2.18. The summed E-state index contributed by atoms with van der Waals surface area (Å²) >= 11 is 0. The van der Waals surface area contributed by atoms with Crippen LogP contribution in [0.1, 0.15) is 20.3 Å². The van der Waals surface area contributed by atoms with Crippen molar-refractivity contribution < 1.29 is 5.84 Å². The molecule has 0 amide bonds. The van der Waals surface area contributed by atoms with Crippen LogP contribution in [-0.2, 0) is 0 Å². The van der Waals surface area contributed by atoms with Crippen LogP contribution in [0.15, 0.2) is 0 Å². The maximum atomic E-state index is 3.51. The zero-order chi connectivity index (χ0) is 5.70. The van der Waals surface area contributed by atoms with Crippen LogP contribution in [0.5, 0.6) is 0 Å². The van der Waals surface area contributed by atoms with E-state index in [1.165, 1.54) is 6.42 Å². The van der Waals surface area contributed by atoms with Crippen LogP contribution >= 0.6 is 0 Å². The molecular weight excluding hydrogens is 88.1 g/mol. The lowest BCUT2D eigenvalue weighted by Crippen LogP contribution is -2.65. The maximum absolute atomic E-state index is 3.51. The lowest BCUT2D eigenvalue weighted by Gasteiger charge is -1.98. The van der Waals surface area contributed by atoms with E-state index in [9.17, 15) is 0 Å². The smallest absolute Gasteiger partial charge is 0.0445 e. The first-order chi connectivity index (χ1) is 3.27. The van der Waals surface area contributed by atoms with Gasteiger partial charge in [0, 0.05) is 6.54 Å². The summed E-state index contributed by atoms with van der Waals surface area (Å²) in [5.41, 5.74) is 2.85.